The lowest BCUT2D eigenvalue weighted by molar-refractivity contribution is 0.392. The highest BCUT2D eigenvalue weighted by molar-refractivity contribution is 5.37. The Morgan fingerprint density at radius 2 is 2.11 bits per heavy atom. The lowest BCUT2D eigenvalue weighted by Gasteiger charge is -2.06. The molecule has 2 rings (SSSR count). The van der Waals surface area contributed by atoms with Crippen LogP contribution in [0.5, 0.6) is 0 Å². The minimum atomic E-state index is 0.670. The van der Waals surface area contributed by atoms with E-state index < -0.39 is 0 Å². The van der Waals surface area contributed by atoms with Crippen molar-refractivity contribution >= 4 is 5.82 Å². The highest BCUT2D eigenvalue weighted by atomic mass is 16.5. The van der Waals surface area contributed by atoms with Crippen molar-refractivity contribution in [2.75, 3.05) is 5.32 Å². The lowest BCUT2D eigenvalue weighted by atomic mass is 10.2. The van der Waals surface area contributed by atoms with Gasteiger partial charge < -0.3 is 9.84 Å². The molecule has 5 nitrogen and oxygen atoms in total. The molecule has 0 radical (unpaired) electrons. The second-order valence-electron chi connectivity index (χ2n) is 4.30. The third-order valence-corrected chi connectivity index (χ3v) is 2.86. The summed E-state index contributed by atoms with van der Waals surface area (Å²) in [6, 6.07) is 1.99. The third kappa shape index (κ3) is 2.85. The molecule has 0 saturated carbocycles. The zero-order valence-corrected chi connectivity index (χ0v) is 11.0. The fourth-order valence-electron chi connectivity index (χ4n) is 1.82. The summed E-state index contributed by atoms with van der Waals surface area (Å²) in [4.78, 5) is 8.43. The van der Waals surface area contributed by atoms with Gasteiger partial charge >= 0.3 is 0 Å². The molecule has 0 atom stereocenters. The molecule has 2 aromatic heterocycles. The largest absolute Gasteiger partial charge is 0.366 e. The molecule has 18 heavy (non-hydrogen) atoms. The molecular formula is C13H18N4O. The van der Waals surface area contributed by atoms with E-state index in [4.69, 9.17) is 4.52 Å². The lowest BCUT2D eigenvalue weighted by Crippen LogP contribution is -2.04. The van der Waals surface area contributed by atoms with Crippen molar-refractivity contribution in [3.8, 4) is 0 Å². The van der Waals surface area contributed by atoms with E-state index in [-0.39, 0.29) is 0 Å². The van der Waals surface area contributed by atoms with Gasteiger partial charge in [0.1, 0.15) is 17.9 Å². The van der Waals surface area contributed by atoms with Crippen molar-refractivity contribution in [1.29, 1.82) is 0 Å². The van der Waals surface area contributed by atoms with Crippen LogP contribution in [0.2, 0.25) is 0 Å². The summed E-state index contributed by atoms with van der Waals surface area (Å²) in [6.45, 7) is 6.67. The summed E-state index contributed by atoms with van der Waals surface area (Å²) in [5.41, 5.74) is 3.07. The van der Waals surface area contributed by atoms with Gasteiger partial charge in [0, 0.05) is 23.9 Å². The van der Waals surface area contributed by atoms with Crippen LogP contribution >= 0.6 is 0 Å². The highest BCUT2D eigenvalue weighted by Gasteiger charge is 2.08. The van der Waals surface area contributed by atoms with E-state index in [1.165, 1.54) is 0 Å². The Morgan fingerprint density at radius 3 is 2.78 bits per heavy atom. The van der Waals surface area contributed by atoms with Gasteiger partial charge in [-0.25, -0.2) is 9.97 Å². The molecular weight excluding hydrogens is 228 g/mol. The Bertz CT molecular complexity index is 502. The first-order valence-corrected chi connectivity index (χ1v) is 6.17. The molecule has 0 saturated heterocycles. The molecule has 0 spiro atoms. The van der Waals surface area contributed by atoms with Crippen LogP contribution in [-0.2, 0) is 13.0 Å². The summed E-state index contributed by atoms with van der Waals surface area (Å²) in [7, 11) is 0. The normalized spacial score (nSPS) is 10.6. The Labute approximate surface area is 107 Å². The molecule has 0 amide bonds. The fraction of sp³-hybridized carbons (Fsp3) is 0.462. The minimum Gasteiger partial charge on any atom is -0.366 e. The van der Waals surface area contributed by atoms with E-state index in [9.17, 15) is 0 Å². The standard InChI is InChI=1S/C13H18N4O/c1-4-5-11-6-13(16-8-15-11)14-7-12-9(2)17-18-10(12)3/h6,8H,4-5,7H2,1-3H3,(H,14,15,16). The molecule has 5 heteroatoms. The first-order chi connectivity index (χ1) is 8.70. The molecule has 1 N–H and O–H groups in total. The second kappa shape index (κ2) is 5.62. The van der Waals surface area contributed by atoms with Crippen molar-refractivity contribution in [1.82, 2.24) is 15.1 Å². The third-order valence-electron chi connectivity index (χ3n) is 2.86. The Kier molecular flexibility index (Phi) is 3.92. The van der Waals surface area contributed by atoms with Gasteiger partial charge in [-0.1, -0.05) is 18.5 Å². The zero-order valence-electron chi connectivity index (χ0n) is 11.0. The van der Waals surface area contributed by atoms with Crippen molar-refractivity contribution < 1.29 is 4.52 Å². The number of hydrogen-bond acceptors (Lipinski definition) is 5. The average Bonchev–Trinajstić information content (AvgIpc) is 2.68. The monoisotopic (exact) mass is 246 g/mol. The van der Waals surface area contributed by atoms with Gasteiger partial charge in [-0.3, -0.25) is 0 Å². The summed E-state index contributed by atoms with van der Waals surface area (Å²) in [6.07, 6.45) is 3.66. The molecule has 0 aliphatic heterocycles. The molecule has 0 aromatic carbocycles. The van der Waals surface area contributed by atoms with Crippen LogP contribution in [0.1, 0.15) is 36.1 Å². The first kappa shape index (κ1) is 12.5. The van der Waals surface area contributed by atoms with Gasteiger partial charge in [-0.15, -0.1) is 0 Å². The Morgan fingerprint density at radius 1 is 1.28 bits per heavy atom. The Balaban J connectivity index is 2.04. The van der Waals surface area contributed by atoms with E-state index in [2.05, 4.69) is 27.4 Å². The summed E-state index contributed by atoms with van der Waals surface area (Å²) in [5.74, 6) is 1.69. The van der Waals surface area contributed by atoms with Gasteiger partial charge in [-0.05, 0) is 20.3 Å². The van der Waals surface area contributed by atoms with Gasteiger partial charge in [0.15, 0.2) is 0 Å². The molecule has 0 aliphatic rings. The molecule has 0 fully saturated rings. The van der Waals surface area contributed by atoms with Crippen molar-refractivity contribution in [3.63, 3.8) is 0 Å². The SMILES string of the molecule is CCCc1cc(NCc2c(C)noc2C)ncn1. The summed E-state index contributed by atoms with van der Waals surface area (Å²) >= 11 is 0. The first-order valence-electron chi connectivity index (χ1n) is 6.17. The number of hydrogen-bond donors (Lipinski definition) is 1. The van der Waals surface area contributed by atoms with E-state index in [1.54, 1.807) is 6.33 Å². The van der Waals surface area contributed by atoms with Gasteiger partial charge in [0.05, 0.1) is 5.69 Å². The summed E-state index contributed by atoms with van der Waals surface area (Å²) < 4.78 is 5.12. The number of aryl methyl sites for hydroxylation is 3. The van der Waals surface area contributed by atoms with Crippen LogP contribution in [-0.4, -0.2) is 15.1 Å². The average molecular weight is 246 g/mol. The van der Waals surface area contributed by atoms with E-state index >= 15 is 0 Å². The predicted octanol–water partition coefficient (Wildman–Crippen LogP) is 2.65. The smallest absolute Gasteiger partial charge is 0.138 e. The van der Waals surface area contributed by atoms with Crippen LogP contribution in [0.4, 0.5) is 5.82 Å². The van der Waals surface area contributed by atoms with Crippen LogP contribution in [0.25, 0.3) is 0 Å². The highest BCUT2D eigenvalue weighted by Crippen LogP contribution is 2.14. The quantitative estimate of drug-likeness (QED) is 0.878. The number of aromatic nitrogens is 3. The van der Waals surface area contributed by atoms with E-state index in [0.29, 0.717) is 6.54 Å². The Hall–Kier alpha value is -1.91. The predicted molar refractivity (Wildman–Crippen MR) is 69.3 cm³/mol. The van der Waals surface area contributed by atoms with Gasteiger partial charge in [-0.2, -0.15) is 0 Å². The zero-order chi connectivity index (χ0) is 13.0. The fourth-order valence-corrected chi connectivity index (χ4v) is 1.82. The molecule has 0 unspecified atom stereocenters. The van der Waals surface area contributed by atoms with E-state index in [1.807, 2.05) is 19.9 Å². The van der Waals surface area contributed by atoms with Crippen LogP contribution in [0.15, 0.2) is 16.9 Å². The van der Waals surface area contributed by atoms with Gasteiger partial charge in [0.2, 0.25) is 0 Å². The molecule has 0 aliphatic carbocycles. The number of nitrogens with zero attached hydrogens (tertiary/aromatic N) is 3. The van der Waals surface area contributed by atoms with Crippen molar-refractivity contribution in [2.24, 2.45) is 0 Å². The number of rotatable bonds is 5. The summed E-state index contributed by atoms with van der Waals surface area (Å²) in [5, 5.41) is 7.20. The van der Waals surface area contributed by atoms with Crippen molar-refractivity contribution in [2.45, 2.75) is 40.2 Å². The van der Waals surface area contributed by atoms with E-state index in [0.717, 1.165) is 41.4 Å². The number of nitrogens with one attached hydrogen (secondary N) is 1. The van der Waals surface area contributed by atoms with Crippen LogP contribution < -0.4 is 5.32 Å². The number of anilines is 1. The topological polar surface area (TPSA) is 63.8 Å². The second-order valence-corrected chi connectivity index (χ2v) is 4.30. The minimum absolute atomic E-state index is 0.670. The van der Waals surface area contributed by atoms with Crippen LogP contribution in [0, 0.1) is 13.8 Å². The van der Waals surface area contributed by atoms with Crippen molar-refractivity contribution in [3.05, 3.63) is 35.1 Å². The maximum Gasteiger partial charge on any atom is 0.138 e. The molecule has 96 valence electrons. The maximum absolute atomic E-state index is 5.12. The molecule has 2 aromatic rings. The van der Waals surface area contributed by atoms with Gasteiger partial charge in [0.25, 0.3) is 0 Å². The van der Waals surface area contributed by atoms with Crippen LogP contribution in [0.3, 0.4) is 0 Å². The molecule has 2 heterocycles. The molecule has 0 bridgehead atoms. The maximum atomic E-state index is 5.12.